The molecule has 1 aliphatic heterocycles. The van der Waals surface area contributed by atoms with E-state index in [4.69, 9.17) is 5.26 Å². The summed E-state index contributed by atoms with van der Waals surface area (Å²) in [5, 5.41) is 11.6. The first-order chi connectivity index (χ1) is 10.7. The van der Waals surface area contributed by atoms with Crippen molar-refractivity contribution in [2.75, 3.05) is 16.9 Å². The predicted molar refractivity (Wildman–Crippen MR) is 85.1 cm³/mol. The average Bonchev–Trinajstić information content (AvgIpc) is 2.95. The minimum atomic E-state index is -0.395. The number of anilines is 1. The summed E-state index contributed by atoms with van der Waals surface area (Å²) in [5.74, 6) is 1.32. The maximum absolute atomic E-state index is 12.4. The second-order valence-corrected chi connectivity index (χ2v) is 6.63. The molecule has 1 aromatic carbocycles. The van der Waals surface area contributed by atoms with E-state index in [-0.39, 0.29) is 17.7 Å². The number of hydrogen-bond donors (Lipinski definition) is 1. The normalized spacial score (nSPS) is 21.0. The summed E-state index contributed by atoms with van der Waals surface area (Å²) in [6, 6.07) is 8.38. The smallest absolute Gasteiger partial charge is 0.248 e. The number of benzene rings is 1. The van der Waals surface area contributed by atoms with E-state index in [1.807, 2.05) is 6.07 Å². The van der Waals surface area contributed by atoms with Gasteiger partial charge in [0, 0.05) is 17.4 Å². The zero-order valence-corrected chi connectivity index (χ0v) is 12.9. The standard InChI is InChI=1S/C16H17N3O2S/c17-8-11-4-6-13(7-5-11)18-15(20)14-9-22-10-19(14)16(21)12-2-1-3-12/h4-7,12,14H,1-3,9-10H2,(H,18,20)/t14-/m0/s1. The Hall–Kier alpha value is -2.00. The van der Waals surface area contributed by atoms with Crippen LogP contribution in [0.15, 0.2) is 24.3 Å². The summed E-state index contributed by atoms with van der Waals surface area (Å²) in [4.78, 5) is 26.5. The Balaban J connectivity index is 1.65. The molecule has 0 bridgehead atoms. The maximum atomic E-state index is 12.4. The van der Waals surface area contributed by atoms with Gasteiger partial charge >= 0.3 is 0 Å². The number of thioether (sulfide) groups is 1. The summed E-state index contributed by atoms with van der Waals surface area (Å²) >= 11 is 1.62. The van der Waals surface area contributed by atoms with Gasteiger partial charge in [-0.05, 0) is 37.1 Å². The SMILES string of the molecule is N#Cc1ccc(NC(=O)[C@@H]2CSCN2C(=O)C2CCC2)cc1. The molecule has 2 amide bonds. The predicted octanol–water partition coefficient (Wildman–Crippen LogP) is 2.20. The van der Waals surface area contributed by atoms with Crippen LogP contribution in [0.1, 0.15) is 24.8 Å². The van der Waals surface area contributed by atoms with Crippen molar-refractivity contribution in [3.8, 4) is 6.07 Å². The first-order valence-electron chi connectivity index (χ1n) is 7.38. The van der Waals surface area contributed by atoms with Gasteiger partial charge < -0.3 is 10.2 Å². The van der Waals surface area contributed by atoms with Crippen LogP contribution in [0.4, 0.5) is 5.69 Å². The fraction of sp³-hybridized carbons (Fsp3) is 0.438. The first-order valence-corrected chi connectivity index (χ1v) is 8.54. The van der Waals surface area contributed by atoms with Crippen molar-refractivity contribution in [1.82, 2.24) is 4.90 Å². The third kappa shape index (κ3) is 2.95. The Morgan fingerprint density at radius 1 is 1.27 bits per heavy atom. The van der Waals surface area contributed by atoms with Gasteiger partial charge in [-0.1, -0.05) is 6.42 Å². The molecule has 0 spiro atoms. The van der Waals surface area contributed by atoms with Crippen LogP contribution in [0.3, 0.4) is 0 Å². The fourth-order valence-corrected chi connectivity index (χ4v) is 3.78. The summed E-state index contributed by atoms with van der Waals surface area (Å²) in [5.41, 5.74) is 1.20. The van der Waals surface area contributed by atoms with E-state index in [0.29, 0.717) is 22.9 Å². The number of hydrogen-bond acceptors (Lipinski definition) is 4. The quantitative estimate of drug-likeness (QED) is 0.928. The van der Waals surface area contributed by atoms with Gasteiger partial charge in [0.1, 0.15) is 6.04 Å². The number of nitrogens with one attached hydrogen (secondary N) is 1. The molecule has 22 heavy (non-hydrogen) atoms. The van der Waals surface area contributed by atoms with Crippen LogP contribution in [0, 0.1) is 17.2 Å². The zero-order valence-electron chi connectivity index (χ0n) is 12.1. The molecule has 2 aliphatic rings. The Morgan fingerprint density at radius 2 is 2.00 bits per heavy atom. The van der Waals surface area contributed by atoms with Crippen molar-refractivity contribution in [2.24, 2.45) is 5.92 Å². The van der Waals surface area contributed by atoms with Crippen LogP contribution in [0.25, 0.3) is 0 Å². The van der Waals surface area contributed by atoms with Crippen LogP contribution < -0.4 is 5.32 Å². The monoisotopic (exact) mass is 315 g/mol. The van der Waals surface area contributed by atoms with Gasteiger partial charge in [-0.3, -0.25) is 9.59 Å². The third-order valence-corrected chi connectivity index (χ3v) is 5.22. The second kappa shape index (κ2) is 6.41. The highest BCUT2D eigenvalue weighted by Crippen LogP contribution is 2.32. The van der Waals surface area contributed by atoms with Gasteiger partial charge in [-0.25, -0.2) is 0 Å². The van der Waals surface area contributed by atoms with E-state index >= 15 is 0 Å². The highest BCUT2D eigenvalue weighted by Gasteiger charge is 2.39. The third-order valence-electron chi connectivity index (χ3n) is 4.20. The Labute approximate surface area is 133 Å². The lowest BCUT2D eigenvalue weighted by Gasteiger charge is -2.31. The number of amides is 2. The lowest BCUT2D eigenvalue weighted by molar-refractivity contribution is -0.141. The van der Waals surface area contributed by atoms with Crippen molar-refractivity contribution in [3.63, 3.8) is 0 Å². The second-order valence-electron chi connectivity index (χ2n) is 5.63. The molecule has 1 heterocycles. The van der Waals surface area contributed by atoms with Gasteiger partial charge in [0.05, 0.1) is 17.5 Å². The molecular weight excluding hydrogens is 298 g/mol. The van der Waals surface area contributed by atoms with Crippen LogP contribution in [-0.4, -0.2) is 34.4 Å². The molecule has 2 fully saturated rings. The largest absolute Gasteiger partial charge is 0.324 e. The Morgan fingerprint density at radius 3 is 2.59 bits per heavy atom. The van der Waals surface area contributed by atoms with Crippen LogP contribution in [0.5, 0.6) is 0 Å². The minimum absolute atomic E-state index is 0.115. The van der Waals surface area contributed by atoms with Crippen molar-refractivity contribution in [1.29, 1.82) is 5.26 Å². The summed E-state index contributed by atoms with van der Waals surface area (Å²) in [6.07, 6.45) is 3.01. The van der Waals surface area contributed by atoms with Crippen molar-refractivity contribution in [2.45, 2.75) is 25.3 Å². The zero-order chi connectivity index (χ0) is 15.5. The number of carbonyl (C=O) groups excluding carboxylic acids is 2. The van der Waals surface area contributed by atoms with Crippen LogP contribution >= 0.6 is 11.8 Å². The van der Waals surface area contributed by atoms with E-state index in [1.165, 1.54) is 0 Å². The molecule has 1 N–H and O–H groups in total. The minimum Gasteiger partial charge on any atom is -0.324 e. The number of nitrogens with zero attached hydrogens (tertiary/aromatic N) is 2. The van der Waals surface area contributed by atoms with Gasteiger partial charge in [-0.2, -0.15) is 5.26 Å². The molecule has 0 aromatic heterocycles. The van der Waals surface area contributed by atoms with E-state index in [2.05, 4.69) is 5.32 Å². The van der Waals surface area contributed by atoms with Crippen LogP contribution in [0.2, 0.25) is 0 Å². The lowest BCUT2D eigenvalue weighted by Crippen LogP contribution is -2.47. The van der Waals surface area contributed by atoms with Gasteiger partial charge in [0.15, 0.2) is 0 Å². The molecule has 5 nitrogen and oxygen atoms in total. The average molecular weight is 315 g/mol. The van der Waals surface area contributed by atoms with Gasteiger partial charge in [0.2, 0.25) is 11.8 Å². The molecule has 1 aliphatic carbocycles. The number of nitriles is 1. The Kier molecular flexibility index (Phi) is 4.34. The molecule has 114 valence electrons. The summed E-state index contributed by atoms with van der Waals surface area (Å²) < 4.78 is 0. The van der Waals surface area contributed by atoms with E-state index < -0.39 is 6.04 Å². The topological polar surface area (TPSA) is 73.2 Å². The summed E-state index contributed by atoms with van der Waals surface area (Å²) in [6.45, 7) is 0. The Bertz CT molecular complexity index is 619. The van der Waals surface area contributed by atoms with E-state index in [0.717, 1.165) is 19.3 Å². The molecule has 3 rings (SSSR count). The molecular formula is C16H17N3O2S. The molecule has 1 aromatic rings. The molecule has 0 radical (unpaired) electrons. The van der Waals surface area contributed by atoms with Gasteiger partial charge in [0.25, 0.3) is 0 Å². The van der Waals surface area contributed by atoms with Crippen molar-refractivity contribution >= 4 is 29.3 Å². The van der Waals surface area contributed by atoms with Gasteiger partial charge in [-0.15, -0.1) is 11.8 Å². The summed E-state index contributed by atoms with van der Waals surface area (Å²) in [7, 11) is 0. The highest BCUT2D eigenvalue weighted by atomic mass is 32.2. The lowest BCUT2D eigenvalue weighted by atomic mass is 9.84. The maximum Gasteiger partial charge on any atom is 0.248 e. The highest BCUT2D eigenvalue weighted by molar-refractivity contribution is 7.99. The molecule has 6 heteroatoms. The van der Waals surface area contributed by atoms with Crippen molar-refractivity contribution in [3.05, 3.63) is 29.8 Å². The first kappa shape index (κ1) is 14.9. The van der Waals surface area contributed by atoms with E-state index in [1.54, 1.807) is 40.9 Å². The molecule has 1 saturated heterocycles. The molecule has 1 saturated carbocycles. The molecule has 0 unspecified atom stereocenters. The van der Waals surface area contributed by atoms with Crippen LogP contribution in [-0.2, 0) is 9.59 Å². The fourth-order valence-electron chi connectivity index (χ4n) is 2.62. The van der Waals surface area contributed by atoms with Crippen molar-refractivity contribution < 1.29 is 9.59 Å². The molecule has 1 atom stereocenters. The number of carbonyl (C=O) groups is 2. The van der Waals surface area contributed by atoms with E-state index in [9.17, 15) is 9.59 Å². The number of rotatable bonds is 3.